The molecule has 1 saturated carbocycles. The summed E-state index contributed by atoms with van der Waals surface area (Å²) in [4.78, 5) is 4.74. The van der Waals surface area contributed by atoms with Gasteiger partial charge >= 0.3 is 0 Å². The van der Waals surface area contributed by atoms with E-state index in [0.29, 0.717) is 5.92 Å². The van der Waals surface area contributed by atoms with Gasteiger partial charge in [-0.2, -0.15) is 0 Å². The van der Waals surface area contributed by atoms with Gasteiger partial charge in [-0.1, -0.05) is 75.6 Å². The van der Waals surface area contributed by atoms with Crippen LogP contribution in [0.2, 0.25) is 0 Å². The third kappa shape index (κ3) is 3.43. The third-order valence-electron chi connectivity index (χ3n) is 8.17. The van der Waals surface area contributed by atoms with E-state index in [-0.39, 0.29) is 0 Å². The Labute approximate surface area is 213 Å². The highest BCUT2D eigenvalue weighted by atomic mass is 16.3. The van der Waals surface area contributed by atoms with Crippen molar-refractivity contribution < 1.29 is 5.79 Å². The summed E-state index contributed by atoms with van der Waals surface area (Å²) < 4.78 is 15.3. The van der Waals surface area contributed by atoms with E-state index in [1.807, 2.05) is 26.1 Å². The van der Waals surface area contributed by atoms with Gasteiger partial charge in [-0.15, -0.1) is 0 Å². The van der Waals surface area contributed by atoms with E-state index in [1.165, 1.54) is 70.0 Å². The highest BCUT2D eigenvalue weighted by molar-refractivity contribution is 6.18. The summed E-state index contributed by atoms with van der Waals surface area (Å²) in [6, 6.07) is 26.1. The number of pyridine rings is 1. The molecule has 0 radical (unpaired) electrons. The second kappa shape index (κ2) is 8.48. The molecule has 2 aromatic heterocycles. The lowest BCUT2D eigenvalue weighted by molar-refractivity contribution is 0.445. The van der Waals surface area contributed by atoms with Gasteiger partial charge in [0, 0.05) is 23.9 Å². The fourth-order valence-corrected chi connectivity index (χ4v) is 6.25. The number of fused-ring (bicyclic) bond motifs is 6. The lowest BCUT2D eigenvalue weighted by Crippen LogP contribution is -2.05. The molecule has 178 valence electrons. The number of hydrogen-bond acceptors (Lipinski definition) is 2. The number of nitrogens with zero attached hydrogens (tertiary/aromatic N) is 1. The summed E-state index contributed by atoms with van der Waals surface area (Å²) in [5.74, 6) is -0.129. The van der Waals surface area contributed by atoms with Crippen LogP contribution in [0.15, 0.2) is 83.4 Å². The number of furan rings is 1. The fraction of sp³-hybridized carbons (Fsp3) is 0.265. The smallest absolute Gasteiger partial charge is 0.145 e. The van der Waals surface area contributed by atoms with Gasteiger partial charge in [-0.05, 0) is 87.7 Å². The Kier molecular flexibility index (Phi) is 4.84. The van der Waals surface area contributed by atoms with Gasteiger partial charge in [0.1, 0.15) is 11.2 Å². The monoisotopic (exact) mass is 470 g/mol. The fourth-order valence-electron chi connectivity index (χ4n) is 6.25. The minimum absolute atomic E-state index is 0.560. The molecular formula is C34H31NO. The second-order valence-corrected chi connectivity index (χ2v) is 10.6. The lowest BCUT2D eigenvalue weighted by atomic mass is 9.81. The Morgan fingerprint density at radius 2 is 1.67 bits per heavy atom. The first kappa shape index (κ1) is 20.5. The van der Waals surface area contributed by atoms with Crippen LogP contribution < -0.4 is 0 Å². The maximum atomic E-state index is 8.55. The Hall–Kier alpha value is -3.65. The van der Waals surface area contributed by atoms with Crippen molar-refractivity contribution in [3.63, 3.8) is 0 Å². The Balaban J connectivity index is 1.55. The number of benzene rings is 4. The van der Waals surface area contributed by atoms with Gasteiger partial charge in [-0.3, -0.25) is 4.98 Å². The molecule has 0 N–H and O–H groups in total. The lowest BCUT2D eigenvalue weighted by Gasteiger charge is -2.23. The zero-order valence-electron chi connectivity index (χ0n) is 22.0. The molecule has 0 saturated heterocycles. The molecule has 0 bridgehead atoms. The van der Waals surface area contributed by atoms with Crippen LogP contribution in [0.4, 0.5) is 0 Å². The van der Waals surface area contributed by atoms with Crippen LogP contribution in [0.3, 0.4) is 0 Å². The van der Waals surface area contributed by atoms with Crippen LogP contribution in [0.5, 0.6) is 0 Å². The van der Waals surface area contributed by atoms with Crippen molar-refractivity contribution >= 4 is 43.5 Å². The first-order valence-corrected chi connectivity index (χ1v) is 13.2. The molecule has 36 heavy (non-hydrogen) atoms. The minimum Gasteiger partial charge on any atom is -0.455 e. The molecule has 2 heteroatoms. The van der Waals surface area contributed by atoms with Crippen molar-refractivity contribution in [1.29, 1.82) is 0 Å². The number of hydrogen-bond donors (Lipinski definition) is 0. The van der Waals surface area contributed by atoms with Crippen molar-refractivity contribution in [3.05, 3.63) is 90.1 Å². The second-order valence-electron chi connectivity index (χ2n) is 10.6. The summed E-state index contributed by atoms with van der Waals surface area (Å²) in [5, 5.41) is 7.39. The van der Waals surface area contributed by atoms with Crippen LogP contribution in [-0.4, -0.2) is 4.98 Å². The summed E-state index contributed by atoms with van der Waals surface area (Å²) in [6.07, 6.45) is 8.22. The molecule has 4 aromatic carbocycles. The van der Waals surface area contributed by atoms with Crippen molar-refractivity contribution in [2.75, 3.05) is 0 Å². The van der Waals surface area contributed by atoms with E-state index >= 15 is 0 Å². The topological polar surface area (TPSA) is 26.0 Å². The van der Waals surface area contributed by atoms with Crippen molar-refractivity contribution in [1.82, 2.24) is 4.98 Å². The standard InChI is InChI=1S/C34H31NO/c1-21(2)24-16-17-35-31(19-24)28-15-14-27(22-8-4-3-5-9-22)33-30-18-25-13-12-23-10-6-7-11-26(23)29(25)20-32(30)36-34(28)33/h6-7,10-22H,3-5,8-9H2,1-2H3/i21D. The van der Waals surface area contributed by atoms with Crippen LogP contribution in [0.25, 0.3) is 54.7 Å². The minimum atomic E-state index is -0.689. The predicted molar refractivity (Wildman–Crippen MR) is 152 cm³/mol. The summed E-state index contributed by atoms with van der Waals surface area (Å²) >= 11 is 0. The van der Waals surface area contributed by atoms with Crippen molar-refractivity contribution in [2.24, 2.45) is 0 Å². The molecule has 0 unspecified atom stereocenters. The molecule has 0 atom stereocenters. The van der Waals surface area contributed by atoms with Crippen LogP contribution >= 0.6 is 0 Å². The molecular weight excluding hydrogens is 438 g/mol. The summed E-state index contributed by atoms with van der Waals surface area (Å²) in [7, 11) is 0. The van der Waals surface area contributed by atoms with E-state index in [1.54, 1.807) is 0 Å². The normalized spacial score (nSPS) is 15.8. The Morgan fingerprint density at radius 3 is 2.53 bits per heavy atom. The molecule has 1 fully saturated rings. The molecule has 2 nitrogen and oxygen atoms in total. The molecule has 1 aliphatic carbocycles. The maximum Gasteiger partial charge on any atom is 0.145 e. The van der Waals surface area contributed by atoms with Crippen LogP contribution in [-0.2, 0) is 0 Å². The average molecular weight is 471 g/mol. The largest absolute Gasteiger partial charge is 0.455 e. The van der Waals surface area contributed by atoms with E-state index in [4.69, 9.17) is 10.8 Å². The van der Waals surface area contributed by atoms with Crippen LogP contribution in [0, 0.1) is 0 Å². The quantitative estimate of drug-likeness (QED) is 0.240. The Bertz CT molecular complexity index is 1800. The van der Waals surface area contributed by atoms with E-state index in [2.05, 4.69) is 66.7 Å². The number of aromatic nitrogens is 1. The summed E-state index contributed by atoms with van der Waals surface area (Å²) in [6.45, 7) is 3.84. The summed E-state index contributed by atoms with van der Waals surface area (Å²) in [5.41, 5.74) is 6.09. The first-order chi connectivity index (χ1) is 18.0. The van der Waals surface area contributed by atoms with E-state index < -0.39 is 5.89 Å². The predicted octanol–water partition coefficient (Wildman–Crippen LogP) is 10.1. The molecule has 6 aromatic rings. The molecule has 1 aliphatic rings. The molecule has 0 spiro atoms. The molecule has 0 amide bonds. The van der Waals surface area contributed by atoms with Crippen molar-refractivity contribution in [2.45, 2.75) is 57.8 Å². The zero-order chi connectivity index (χ0) is 25.1. The maximum absolute atomic E-state index is 8.55. The van der Waals surface area contributed by atoms with Gasteiger partial charge in [0.15, 0.2) is 0 Å². The zero-order valence-corrected chi connectivity index (χ0v) is 21.0. The van der Waals surface area contributed by atoms with Gasteiger partial charge in [-0.25, -0.2) is 0 Å². The van der Waals surface area contributed by atoms with Crippen molar-refractivity contribution in [3.8, 4) is 11.3 Å². The molecule has 0 aliphatic heterocycles. The SMILES string of the molecule is [2H]C(C)(C)c1ccnc(-c2ccc(C3CCCCC3)c3c2oc2cc4c(ccc5ccccc54)cc23)c1. The number of rotatable bonds is 3. The van der Waals surface area contributed by atoms with Gasteiger partial charge in [0.05, 0.1) is 5.69 Å². The van der Waals surface area contributed by atoms with E-state index in [0.717, 1.165) is 28.0 Å². The third-order valence-corrected chi connectivity index (χ3v) is 8.17. The van der Waals surface area contributed by atoms with Gasteiger partial charge in [0.25, 0.3) is 0 Å². The average Bonchev–Trinajstić information content (AvgIpc) is 3.30. The van der Waals surface area contributed by atoms with Gasteiger partial charge in [0.2, 0.25) is 0 Å². The van der Waals surface area contributed by atoms with E-state index in [9.17, 15) is 0 Å². The first-order valence-electron chi connectivity index (χ1n) is 13.7. The molecule has 7 rings (SSSR count). The highest BCUT2D eigenvalue weighted by Crippen LogP contribution is 2.45. The Morgan fingerprint density at radius 1 is 0.833 bits per heavy atom. The molecule has 2 heterocycles. The van der Waals surface area contributed by atoms with Gasteiger partial charge < -0.3 is 4.42 Å². The van der Waals surface area contributed by atoms with Crippen LogP contribution in [0.1, 0.15) is 70.3 Å². The highest BCUT2D eigenvalue weighted by Gasteiger charge is 2.24.